The molecule has 2 bridgehead atoms. The Morgan fingerprint density at radius 1 is 1.13 bits per heavy atom. The predicted molar refractivity (Wildman–Crippen MR) is 133 cm³/mol. The minimum absolute atomic E-state index is 0.288. The van der Waals surface area contributed by atoms with Crippen LogP contribution in [0.4, 0.5) is 0 Å². The molecule has 2 aliphatic carbocycles. The van der Waals surface area contributed by atoms with Crippen LogP contribution in [0.2, 0.25) is 13.1 Å². The van der Waals surface area contributed by atoms with Gasteiger partial charge in [0, 0.05) is 5.70 Å². The predicted octanol–water partition coefficient (Wildman–Crippen LogP) is 7.71. The zero-order chi connectivity index (χ0) is 21.3. The summed E-state index contributed by atoms with van der Waals surface area (Å²) < 4.78 is 0. The molecule has 5 unspecified atom stereocenters. The highest BCUT2D eigenvalue weighted by Crippen LogP contribution is 2.49. The van der Waals surface area contributed by atoms with E-state index in [4.69, 9.17) is 0 Å². The Hall–Kier alpha value is -1.54. The number of rotatable bonds is 5. The number of fused-ring (bicyclic) bond motifs is 2. The van der Waals surface area contributed by atoms with Gasteiger partial charge in [-0.2, -0.15) is 0 Å². The summed E-state index contributed by atoms with van der Waals surface area (Å²) in [6.07, 6.45) is 15.7. The van der Waals surface area contributed by atoms with Gasteiger partial charge < -0.3 is 5.32 Å². The molecule has 2 heteroatoms. The molecular weight excluding hydrogens is 378 g/mol. The van der Waals surface area contributed by atoms with Gasteiger partial charge in [0.25, 0.3) is 0 Å². The van der Waals surface area contributed by atoms with Crippen LogP contribution in [-0.4, -0.2) is 8.80 Å². The monoisotopic (exact) mass is 418 g/mol. The summed E-state index contributed by atoms with van der Waals surface area (Å²) in [5.74, 6) is 3.74. The summed E-state index contributed by atoms with van der Waals surface area (Å²) in [4.78, 5) is 0. The van der Waals surface area contributed by atoms with E-state index in [1.54, 1.807) is 10.8 Å². The summed E-state index contributed by atoms with van der Waals surface area (Å²) in [6, 6.07) is 9.18. The third-order valence-electron chi connectivity index (χ3n) is 7.93. The molecule has 1 aliphatic heterocycles. The number of nitrogens with one attached hydrogen (secondary N) is 1. The standard InChI is InChI=1S/C28H40NSi/c1-6-10-22-12-7-8-14-25(22)27-18-24(28(30(4)5)20(3)29-27)17-26-19(2)15-21-11-9-13-23(26)16-21/h6-8,10,12,14,18-19,21,23,26-27,29H,9,11,13,15-17H2,1-5H3/b10-6-. The van der Waals surface area contributed by atoms with Gasteiger partial charge in [-0.05, 0) is 78.7 Å². The van der Waals surface area contributed by atoms with E-state index in [-0.39, 0.29) is 6.04 Å². The number of hydrogen-bond donors (Lipinski definition) is 1. The summed E-state index contributed by atoms with van der Waals surface area (Å²) >= 11 is 0. The van der Waals surface area contributed by atoms with Gasteiger partial charge in [0.05, 0.1) is 14.8 Å². The van der Waals surface area contributed by atoms with Gasteiger partial charge in [0.2, 0.25) is 0 Å². The average molecular weight is 419 g/mol. The average Bonchev–Trinajstić information content (AvgIpc) is 2.71. The van der Waals surface area contributed by atoms with Crippen LogP contribution in [0.5, 0.6) is 0 Å². The highest BCUT2D eigenvalue weighted by Gasteiger charge is 2.39. The third kappa shape index (κ3) is 4.40. The molecule has 1 radical (unpaired) electrons. The van der Waals surface area contributed by atoms with E-state index in [0.29, 0.717) is 0 Å². The van der Waals surface area contributed by atoms with Crippen LogP contribution in [0.1, 0.15) is 76.5 Å². The molecule has 4 rings (SSSR count). The van der Waals surface area contributed by atoms with E-state index in [0.717, 1.165) is 23.7 Å². The maximum Gasteiger partial charge on any atom is 0.0818 e. The highest BCUT2D eigenvalue weighted by molar-refractivity contribution is 6.65. The lowest BCUT2D eigenvalue weighted by molar-refractivity contribution is 0.0719. The molecule has 30 heavy (non-hydrogen) atoms. The summed E-state index contributed by atoms with van der Waals surface area (Å²) in [6.45, 7) is 11.9. The molecule has 2 saturated carbocycles. The molecule has 2 fully saturated rings. The van der Waals surface area contributed by atoms with E-state index in [1.165, 1.54) is 55.3 Å². The Labute approximate surface area is 186 Å². The van der Waals surface area contributed by atoms with Crippen LogP contribution >= 0.6 is 0 Å². The lowest BCUT2D eigenvalue weighted by atomic mass is 9.61. The van der Waals surface area contributed by atoms with Crippen LogP contribution < -0.4 is 5.32 Å². The van der Waals surface area contributed by atoms with Crippen molar-refractivity contribution in [2.75, 3.05) is 0 Å². The SMILES string of the molecule is C/C=C\c1ccccc1C1C=C(CC2C(C)CC3CCCC2C3)C([Si](C)C)=C(C)N1. The largest absolute Gasteiger partial charge is 0.378 e. The lowest BCUT2D eigenvalue weighted by Crippen LogP contribution is -2.36. The quantitative estimate of drug-likeness (QED) is 0.483. The molecule has 0 spiro atoms. The van der Waals surface area contributed by atoms with Crippen LogP contribution in [0.3, 0.4) is 0 Å². The van der Waals surface area contributed by atoms with Crippen molar-refractivity contribution in [3.63, 3.8) is 0 Å². The maximum atomic E-state index is 3.88. The van der Waals surface area contributed by atoms with Crippen molar-refractivity contribution in [3.8, 4) is 0 Å². The van der Waals surface area contributed by atoms with Crippen molar-refractivity contribution < 1.29 is 0 Å². The van der Waals surface area contributed by atoms with Crippen molar-refractivity contribution in [1.82, 2.24) is 5.32 Å². The number of dihydropyridines is 1. The molecule has 1 heterocycles. The molecule has 0 saturated heterocycles. The third-order valence-corrected chi connectivity index (χ3v) is 9.63. The van der Waals surface area contributed by atoms with Crippen molar-refractivity contribution in [3.05, 3.63) is 64.0 Å². The molecular formula is C28H40NSi. The molecule has 3 aliphatic rings. The number of benzene rings is 1. The van der Waals surface area contributed by atoms with E-state index in [2.05, 4.69) is 81.7 Å². The Morgan fingerprint density at radius 3 is 2.70 bits per heavy atom. The minimum Gasteiger partial charge on any atom is -0.378 e. The molecule has 5 atom stereocenters. The Kier molecular flexibility index (Phi) is 6.72. The van der Waals surface area contributed by atoms with Crippen molar-refractivity contribution in [2.45, 2.75) is 78.4 Å². The van der Waals surface area contributed by atoms with Crippen molar-refractivity contribution in [2.24, 2.45) is 23.7 Å². The topological polar surface area (TPSA) is 12.0 Å². The van der Waals surface area contributed by atoms with Crippen LogP contribution in [0, 0.1) is 23.7 Å². The first-order valence-corrected chi connectivity index (χ1v) is 14.7. The van der Waals surface area contributed by atoms with Gasteiger partial charge >= 0.3 is 0 Å². The Morgan fingerprint density at radius 2 is 1.93 bits per heavy atom. The maximum absolute atomic E-state index is 3.88. The van der Waals surface area contributed by atoms with E-state index >= 15 is 0 Å². The van der Waals surface area contributed by atoms with Gasteiger partial charge in [0.15, 0.2) is 0 Å². The zero-order valence-corrected chi connectivity index (χ0v) is 20.7. The van der Waals surface area contributed by atoms with E-state index in [9.17, 15) is 0 Å². The molecule has 1 nitrogen and oxygen atoms in total. The summed E-state index contributed by atoms with van der Waals surface area (Å²) in [7, 11) is -0.509. The fourth-order valence-corrected chi connectivity index (χ4v) is 8.40. The molecule has 1 N–H and O–H groups in total. The summed E-state index contributed by atoms with van der Waals surface area (Å²) in [5, 5.41) is 5.55. The van der Waals surface area contributed by atoms with Gasteiger partial charge in [0.1, 0.15) is 0 Å². The van der Waals surface area contributed by atoms with E-state index < -0.39 is 8.80 Å². The Balaban J connectivity index is 1.67. The first-order valence-electron chi connectivity index (χ1n) is 12.2. The van der Waals surface area contributed by atoms with E-state index in [1.807, 2.05) is 0 Å². The molecule has 161 valence electrons. The number of hydrogen-bond acceptors (Lipinski definition) is 1. The van der Waals surface area contributed by atoms with Gasteiger partial charge in [-0.3, -0.25) is 0 Å². The first kappa shape index (κ1) is 21.7. The Bertz CT molecular complexity index is 844. The molecule has 1 aromatic carbocycles. The highest BCUT2D eigenvalue weighted by atomic mass is 28.3. The number of allylic oxidation sites excluding steroid dienone is 4. The molecule has 0 amide bonds. The van der Waals surface area contributed by atoms with Crippen molar-refractivity contribution >= 4 is 14.9 Å². The van der Waals surface area contributed by atoms with Crippen LogP contribution in [0.15, 0.2) is 52.9 Å². The molecule has 0 aromatic heterocycles. The minimum atomic E-state index is -0.509. The second-order valence-corrected chi connectivity index (χ2v) is 12.8. The van der Waals surface area contributed by atoms with Gasteiger partial charge in [-0.1, -0.05) is 81.8 Å². The second-order valence-electron chi connectivity index (χ2n) is 10.3. The van der Waals surface area contributed by atoms with Crippen molar-refractivity contribution in [1.29, 1.82) is 0 Å². The smallest absolute Gasteiger partial charge is 0.0818 e. The summed E-state index contributed by atoms with van der Waals surface area (Å²) in [5.41, 5.74) is 5.84. The normalized spacial score (nSPS) is 31.8. The fraction of sp³-hybridized carbons (Fsp3) is 0.571. The second kappa shape index (κ2) is 9.30. The van der Waals surface area contributed by atoms with Crippen LogP contribution in [-0.2, 0) is 0 Å². The van der Waals surface area contributed by atoms with Gasteiger partial charge in [-0.25, -0.2) is 0 Å². The zero-order valence-electron chi connectivity index (χ0n) is 19.7. The lowest BCUT2D eigenvalue weighted by Gasteiger charge is -2.45. The fourth-order valence-electron chi connectivity index (χ4n) is 6.75. The van der Waals surface area contributed by atoms with Gasteiger partial charge in [-0.15, -0.1) is 0 Å². The first-order chi connectivity index (χ1) is 14.5. The molecule has 1 aromatic rings. The van der Waals surface area contributed by atoms with Crippen LogP contribution in [0.25, 0.3) is 6.08 Å².